The van der Waals surface area contributed by atoms with Gasteiger partial charge in [0.05, 0.1) is 6.61 Å². The van der Waals surface area contributed by atoms with E-state index in [9.17, 15) is 0 Å². The Hall–Kier alpha value is -1.06. The van der Waals surface area contributed by atoms with Gasteiger partial charge >= 0.3 is 0 Å². The van der Waals surface area contributed by atoms with Crippen molar-refractivity contribution in [2.45, 2.75) is 39.8 Å². The number of nitrogens with one attached hydrogen (secondary N) is 1. The maximum absolute atomic E-state index is 5.25. The molecule has 0 saturated heterocycles. The molecule has 0 radical (unpaired) electrons. The minimum atomic E-state index is 0.526. The van der Waals surface area contributed by atoms with Gasteiger partial charge in [-0.2, -0.15) is 0 Å². The van der Waals surface area contributed by atoms with Crippen molar-refractivity contribution < 1.29 is 4.74 Å². The van der Waals surface area contributed by atoms with Crippen LogP contribution in [0, 0.1) is 0 Å². The summed E-state index contributed by atoms with van der Waals surface area (Å²) in [5, 5.41) is 3.41. The Balaban J connectivity index is 2.92. The number of hydrogen-bond acceptors (Lipinski definition) is 3. The van der Waals surface area contributed by atoms with Gasteiger partial charge in [-0.3, -0.25) is 0 Å². The molecule has 1 aromatic rings. The second-order valence-electron chi connectivity index (χ2n) is 4.85. The molecule has 0 aliphatic carbocycles. The van der Waals surface area contributed by atoms with E-state index in [1.165, 1.54) is 11.3 Å². The first-order valence-corrected chi connectivity index (χ1v) is 7.28. The molecular formula is C16H28N2O. The van der Waals surface area contributed by atoms with Crippen molar-refractivity contribution in [1.82, 2.24) is 5.32 Å². The molecule has 1 unspecified atom stereocenters. The maximum Gasteiger partial charge on any atom is 0.0637 e. The number of para-hydroxylation sites is 1. The van der Waals surface area contributed by atoms with E-state index in [4.69, 9.17) is 4.74 Å². The topological polar surface area (TPSA) is 24.5 Å². The van der Waals surface area contributed by atoms with Crippen LogP contribution in [0.15, 0.2) is 24.3 Å². The summed E-state index contributed by atoms with van der Waals surface area (Å²) in [6.45, 7) is 10.3. The Morgan fingerprint density at radius 1 is 1.26 bits per heavy atom. The van der Waals surface area contributed by atoms with Crippen LogP contribution in [0.1, 0.15) is 32.8 Å². The Kier molecular flexibility index (Phi) is 7.53. The highest BCUT2D eigenvalue weighted by atomic mass is 16.5. The molecule has 3 heteroatoms. The Labute approximate surface area is 118 Å². The zero-order valence-corrected chi connectivity index (χ0v) is 12.8. The van der Waals surface area contributed by atoms with E-state index in [1.54, 1.807) is 7.11 Å². The standard InChI is InChI=1S/C16H28N2O/c1-5-14(3)18(11-12-19-4)16-10-8-7-9-15(16)13-17-6-2/h7-10,14,17H,5-6,11-13H2,1-4H3. The summed E-state index contributed by atoms with van der Waals surface area (Å²) < 4.78 is 5.25. The molecule has 19 heavy (non-hydrogen) atoms. The van der Waals surface area contributed by atoms with Crippen LogP contribution in [0.4, 0.5) is 5.69 Å². The number of benzene rings is 1. The van der Waals surface area contributed by atoms with Crippen molar-refractivity contribution in [2.75, 3.05) is 31.7 Å². The van der Waals surface area contributed by atoms with E-state index in [0.29, 0.717) is 6.04 Å². The summed E-state index contributed by atoms with van der Waals surface area (Å²) in [6.07, 6.45) is 1.14. The van der Waals surface area contributed by atoms with Crippen molar-refractivity contribution in [1.29, 1.82) is 0 Å². The van der Waals surface area contributed by atoms with Crippen molar-refractivity contribution in [2.24, 2.45) is 0 Å². The molecule has 1 rings (SSSR count). The molecule has 0 aliphatic heterocycles. The zero-order chi connectivity index (χ0) is 14.1. The summed E-state index contributed by atoms with van der Waals surface area (Å²) in [7, 11) is 1.76. The SMILES string of the molecule is CCNCc1ccccc1N(CCOC)C(C)CC. The van der Waals surface area contributed by atoms with Crippen LogP contribution in [0.25, 0.3) is 0 Å². The molecule has 108 valence electrons. The molecule has 0 amide bonds. The maximum atomic E-state index is 5.25. The van der Waals surface area contributed by atoms with Gasteiger partial charge in [0.25, 0.3) is 0 Å². The molecule has 0 spiro atoms. The number of hydrogen-bond donors (Lipinski definition) is 1. The molecule has 0 aliphatic rings. The highest BCUT2D eigenvalue weighted by molar-refractivity contribution is 5.54. The smallest absolute Gasteiger partial charge is 0.0637 e. The van der Waals surface area contributed by atoms with Crippen LogP contribution in [0.5, 0.6) is 0 Å². The first-order chi connectivity index (χ1) is 9.24. The van der Waals surface area contributed by atoms with Crippen LogP contribution < -0.4 is 10.2 Å². The van der Waals surface area contributed by atoms with E-state index in [2.05, 4.69) is 55.3 Å². The molecule has 1 aromatic carbocycles. The third-order valence-corrected chi connectivity index (χ3v) is 3.53. The Bertz CT molecular complexity index is 354. The number of ether oxygens (including phenoxy) is 1. The average Bonchev–Trinajstić information content (AvgIpc) is 2.46. The van der Waals surface area contributed by atoms with E-state index in [0.717, 1.165) is 32.7 Å². The van der Waals surface area contributed by atoms with Gasteiger partial charge < -0.3 is 15.0 Å². The third kappa shape index (κ3) is 4.84. The lowest BCUT2D eigenvalue weighted by Gasteiger charge is -2.32. The van der Waals surface area contributed by atoms with E-state index >= 15 is 0 Å². The normalized spacial score (nSPS) is 12.4. The van der Waals surface area contributed by atoms with E-state index < -0.39 is 0 Å². The number of methoxy groups -OCH3 is 1. The fraction of sp³-hybridized carbons (Fsp3) is 0.625. The summed E-state index contributed by atoms with van der Waals surface area (Å²) in [4.78, 5) is 2.45. The van der Waals surface area contributed by atoms with Gasteiger partial charge in [0.1, 0.15) is 0 Å². The predicted octanol–water partition coefficient (Wildman–Crippen LogP) is 3.05. The first kappa shape index (κ1) is 16.0. The number of rotatable bonds is 9. The molecule has 1 N–H and O–H groups in total. The minimum Gasteiger partial charge on any atom is -0.383 e. The van der Waals surface area contributed by atoms with E-state index in [1.807, 2.05) is 0 Å². The van der Waals surface area contributed by atoms with Gasteiger partial charge in [0, 0.05) is 31.9 Å². The Morgan fingerprint density at radius 2 is 2.00 bits per heavy atom. The summed E-state index contributed by atoms with van der Waals surface area (Å²) in [5.74, 6) is 0. The van der Waals surface area contributed by atoms with Gasteiger partial charge in [-0.05, 0) is 31.5 Å². The molecule has 0 bridgehead atoms. The molecular weight excluding hydrogens is 236 g/mol. The fourth-order valence-corrected chi connectivity index (χ4v) is 2.19. The van der Waals surface area contributed by atoms with Crippen LogP contribution >= 0.6 is 0 Å². The largest absolute Gasteiger partial charge is 0.383 e. The van der Waals surface area contributed by atoms with Crippen LogP contribution in [-0.4, -0.2) is 32.8 Å². The van der Waals surface area contributed by atoms with Crippen molar-refractivity contribution in [3.8, 4) is 0 Å². The van der Waals surface area contributed by atoms with Gasteiger partial charge in [0.15, 0.2) is 0 Å². The van der Waals surface area contributed by atoms with Gasteiger partial charge in [-0.1, -0.05) is 32.0 Å². The van der Waals surface area contributed by atoms with E-state index in [-0.39, 0.29) is 0 Å². The molecule has 3 nitrogen and oxygen atoms in total. The van der Waals surface area contributed by atoms with Gasteiger partial charge in [-0.15, -0.1) is 0 Å². The molecule has 0 heterocycles. The summed E-state index contributed by atoms with van der Waals surface area (Å²) in [6, 6.07) is 9.18. The quantitative estimate of drug-likeness (QED) is 0.742. The third-order valence-electron chi connectivity index (χ3n) is 3.53. The fourth-order valence-electron chi connectivity index (χ4n) is 2.19. The van der Waals surface area contributed by atoms with Crippen LogP contribution in [0.2, 0.25) is 0 Å². The highest BCUT2D eigenvalue weighted by Gasteiger charge is 2.15. The lowest BCUT2D eigenvalue weighted by Crippen LogP contribution is -2.36. The summed E-state index contributed by atoms with van der Waals surface area (Å²) in [5.41, 5.74) is 2.69. The number of anilines is 1. The second kappa shape index (κ2) is 8.94. The highest BCUT2D eigenvalue weighted by Crippen LogP contribution is 2.23. The zero-order valence-electron chi connectivity index (χ0n) is 12.8. The Morgan fingerprint density at radius 3 is 2.63 bits per heavy atom. The van der Waals surface area contributed by atoms with Gasteiger partial charge in [0.2, 0.25) is 0 Å². The molecule has 0 aromatic heterocycles. The lowest BCUT2D eigenvalue weighted by atomic mass is 10.1. The molecule has 0 fully saturated rings. The minimum absolute atomic E-state index is 0.526. The van der Waals surface area contributed by atoms with Crippen molar-refractivity contribution in [3.05, 3.63) is 29.8 Å². The predicted molar refractivity (Wildman–Crippen MR) is 82.8 cm³/mol. The molecule has 0 saturated carbocycles. The lowest BCUT2D eigenvalue weighted by molar-refractivity contribution is 0.203. The molecule has 1 atom stereocenters. The van der Waals surface area contributed by atoms with Crippen molar-refractivity contribution >= 4 is 5.69 Å². The second-order valence-corrected chi connectivity index (χ2v) is 4.85. The van der Waals surface area contributed by atoms with Crippen LogP contribution in [0.3, 0.4) is 0 Å². The average molecular weight is 264 g/mol. The first-order valence-electron chi connectivity index (χ1n) is 7.28. The van der Waals surface area contributed by atoms with Gasteiger partial charge in [-0.25, -0.2) is 0 Å². The number of nitrogens with zero attached hydrogens (tertiary/aromatic N) is 1. The summed E-state index contributed by atoms with van der Waals surface area (Å²) >= 11 is 0. The van der Waals surface area contributed by atoms with Crippen LogP contribution in [-0.2, 0) is 11.3 Å². The van der Waals surface area contributed by atoms with Crippen molar-refractivity contribution in [3.63, 3.8) is 0 Å². The monoisotopic (exact) mass is 264 g/mol.